The van der Waals surface area contributed by atoms with Crippen LogP contribution in [0.3, 0.4) is 0 Å². The lowest BCUT2D eigenvalue weighted by Gasteiger charge is -2.24. The van der Waals surface area contributed by atoms with Gasteiger partial charge in [0.25, 0.3) is 0 Å². The average Bonchev–Trinajstić information content (AvgIpc) is 2.74. The number of nitrogens with two attached hydrogens (primary N) is 1. The Bertz CT molecular complexity index is 463. The molecular formula is C14H20N4. The molecule has 1 saturated heterocycles. The van der Waals surface area contributed by atoms with Crippen LogP contribution in [0.4, 0.5) is 11.4 Å². The number of nitrogens with zero attached hydrogens (tertiary/aromatic N) is 3. The molecule has 0 aromatic heterocycles. The van der Waals surface area contributed by atoms with Gasteiger partial charge in [0.2, 0.25) is 0 Å². The highest BCUT2D eigenvalue weighted by atomic mass is 15.2. The Kier molecular flexibility index (Phi) is 3.73. The number of anilines is 2. The second-order valence-corrected chi connectivity index (χ2v) is 5.19. The smallest absolute Gasteiger partial charge is 0.101 e. The molecule has 0 aliphatic carbocycles. The lowest BCUT2D eigenvalue weighted by atomic mass is 10.1. The summed E-state index contributed by atoms with van der Waals surface area (Å²) < 4.78 is 0. The number of hydrogen-bond acceptors (Lipinski definition) is 4. The van der Waals surface area contributed by atoms with E-state index in [1.165, 1.54) is 13.0 Å². The van der Waals surface area contributed by atoms with Gasteiger partial charge in [0.1, 0.15) is 6.07 Å². The van der Waals surface area contributed by atoms with Crippen molar-refractivity contribution in [1.82, 2.24) is 4.90 Å². The zero-order valence-corrected chi connectivity index (χ0v) is 11.1. The molecule has 0 spiro atoms. The van der Waals surface area contributed by atoms with Crippen LogP contribution in [0.1, 0.15) is 12.0 Å². The van der Waals surface area contributed by atoms with E-state index < -0.39 is 0 Å². The van der Waals surface area contributed by atoms with Crippen LogP contribution in [0, 0.1) is 17.2 Å². The van der Waals surface area contributed by atoms with Crippen LogP contribution in [-0.4, -0.2) is 38.6 Å². The highest BCUT2D eigenvalue weighted by Crippen LogP contribution is 2.24. The van der Waals surface area contributed by atoms with Crippen molar-refractivity contribution in [2.75, 3.05) is 44.4 Å². The fourth-order valence-electron chi connectivity index (χ4n) is 2.64. The van der Waals surface area contributed by atoms with Crippen LogP contribution in [0.15, 0.2) is 18.2 Å². The van der Waals surface area contributed by atoms with Crippen molar-refractivity contribution in [3.05, 3.63) is 23.8 Å². The predicted octanol–water partition coefficient (Wildman–Crippen LogP) is 1.53. The van der Waals surface area contributed by atoms with Gasteiger partial charge in [-0.3, -0.25) is 0 Å². The largest absolute Gasteiger partial charge is 0.399 e. The molecule has 1 aliphatic heterocycles. The highest BCUT2D eigenvalue weighted by molar-refractivity contribution is 5.64. The van der Waals surface area contributed by atoms with E-state index in [1.807, 2.05) is 19.2 Å². The number of benzene rings is 1. The van der Waals surface area contributed by atoms with Crippen molar-refractivity contribution < 1.29 is 0 Å². The van der Waals surface area contributed by atoms with E-state index >= 15 is 0 Å². The highest BCUT2D eigenvalue weighted by Gasteiger charge is 2.21. The molecule has 0 radical (unpaired) electrons. The van der Waals surface area contributed by atoms with E-state index in [-0.39, 0.29) is 0 Å². The first kappa shape index (κ1) is 12.7. The van der Waals surface area contributed by atoms with E-state index in [9.17, 15) is 0 Å². The lowest BCUT2D eigenvalue weighted by molar-refractivity contribution is 0.396. The first-order valence-electron chi connectivity index (χ1n) is 6.29. The van der Waals surface area contributed by atoms with Gasteiger partial charge < -0.3 is 15.5 Å². The topological polar surface area (TPSA) is 56.3 Å². The fraction of sp³-hybridized carbons (Fsp3) is 0.500. The fourth-order valence-corrected chi connectivity index (χ4v) is 2.64. The number of rotatable bonds is 3. The van der Waals surface area contributed by atoms with Crippen molar-refractivity contribution in [2.24, 2.45) is 5.92 Å². The van der Waals surface area contributed by atoms with Crippen molar-refractivity contribution in [3.63, 3.8) is 0 Å². The third-order valence-electron chi connectivity index (χ3n) is 3.57. The third-order valence-corrected chi connectivity index (χ3v) is 3.57. The maximum atomic E-state index is 9.15. The molecular weight excluding hydrogens is 224 g/mol. The second-order valence-electron chi connectivity index (χ2n) is 5.19. The minimum absolute atomic E-state index is 0.643. The van der Waals surface area contributed by atoms with Crippen molar-refractivity contribution in [1.29, 1.82) is 5.26 Å². The number of hydrogen-bond donors (Lipinski definition) is 1. The van der Waals surface area contributed by atoms with Crippen LogP contribution in [0.5, 0.6) is 0 Å². The molecule has 18 heavy (non-hydrogen) atoms. The van der Waals surface area contributed by atoms with Gasteiger partial charge in [-0.05, 0) is 44.1 Å². The normalized spacial score (nSPS) is 19.7. The SMILES string of the molecule is CN1CCC(CN(C)c2ccc(N)cc2C#N)C1. The first-order chi connectivity index (χ1) is 8.60. The molecule has 1 aromatic rings. The molecule has 1 fully saturated rings. The van der Waals surface area contributed by atoms with Gasteiger partial charge in [0, 0.05) is 25.8 Å². The summed E-state index contributed by atoms with van der Waals surface area (Å²) in [7, 11) is 4.20. The summed E-state index contributed by atoms with van der Waals surface area (Å²) in [5.74, 6) is 0.684. The zero-order chi connectivity index (χ0) is 13.1. The lowest BCUT2D eigenvalue weighted by Crippen LogP contribution is -2.27. The van der Waals surface area contributed by atoms with Crippen molar-refractivity contribution in [2.45, 2.75) is 6.42 Å². The molecule has 1 unspecified atom stereocenters. The van der Waals surface area contributed by atoms with E-state index in [0.717, 1.165) is 18.8 Å². The second kappa shape index (κ2) is 5.28. The molecule has 0 saturated carbocycles. The number of nitriles is 1. The Balaban J connectivity index is 2.09. The maximum absolute atomic E-state index is 9.15. The molecule has 4 nitrogen and oxygen atoms in total. The van der Waals surface area contributed by atoms with Crippen LogP contribution >= 0.6 is 0 Å². The minimum Gasteiger partial charge on any atom is -0.399 e. The third kappa shape index (κ3) is 2.74. The summed E-state index contributed by atoms with van der Waals surface area (Å²) in [6.45, 7) is 3.30. The van der Waals surface area contributed by atoms with Crippen LogP contribution in [0.25, 0.3) is 0 Å². The van der Waals surface area contributed by atoms with Gasteiger partial charge in [-0.15, -0.1) is 0 Å². The quantitative estimate of drug-likeness (QED) is 0.819. The van der Waals surface area contributed by atoms with E-state index in [0.29, 0.717) is 17.2 Å². The molecule has 1 aromatic carbocycles. The van der Waals surface area contributed by atoms with E-state index in [1.54, 1.807) is 6.07 Å². The van der Waals surface area contributed by atoms with Gasteiger partial charge in [-0.1, -0.05) is 0 Å². The summed E-state index contributed by atoms with van der Waals surface area (Å²) in [4.78, 5) is 4.52. The Hall–Kier alpha value is -1.73. The first-order valence-corrected chi connectivity index (χ1v) is 6.29. The van der Waals surface area contributed by atoms with Gasteiger partial charge in [0.15, 0.2) is 0 Å². The zero-order valence-electron chi connectivity index (χ0n) is 11.1. The van der Waals surface area contributed by atoms with Crippen LogP contribution in [-0.2, 0) is 0 Å². The molecule has 1 atom stereocenters. The summed E-state index contributed by atoms with van der Waals surface area (Å²) in [6.07, 6.45) is 1.23. The summed E-state index contributed by atoms with van der Waals surface area (Å²) in [6, 6.07) is 7.75. The molecule has 1 heterocycles. The predicted molar refractivity (Wildman–Crippen MR) is 74.4 cm³/mol. The molecule has 0 bridgehead atoms. The summed E-state index contributed by atoms with van der Waals surface area (Å²) >= 11 is 0. The molecule has 1 aliphatic rings. The van der Waals surface area contributed by atoms with Crippen molar-refractivity contribution in [3.8, 4) is 6.07 Å². The monoisotopic (exact) mass is 244 g/mol. The Labute approximate surface area is 109 Å². The van der Waals surface area contributed by atoms with Gasteiger partial charge in [0.05, 0.1) is 11.3 Å². The molecule has 4 heteroatoms. The Morgan fingerprint density at radius 3 is 2.94 bits per heavy atom. The van der Waals surface area contributed by atoms with Gasteiger partial charge in [-0.25, -0.2) is 0 Å². The summed E-state index contributed by atoms with van der Waals surface area (Å²) in [5.41, 5.74) is 7.98. The minimum atomic E-state index is 0.643. The Morgan fingerprint density at radius 2 is 2.33 bits per heavy atom. The van der Waals surface area contributed by atoms with Crippen LogP contribution < -0.4 is 10.6 Å². The van der Waals surface area contributed by atoms with E-state index in [2.05, 4.69) is 22.9 Å². The Morgan fingerprint density at radius 1 is 1.56 bits per heavy atom. The van der Waals surface area contributed by atoms with Gasteiger partial charge >= 0.3 is 0 Å². The summed E-state index contributed by atoms with van der Waals surface area (Å²) in [5, 5.41) is 9.15. The van der Waals surface area contributed by atoms with Gasteiger partial charge in [-0.2, -0.15) is 5.26 Å². The maximum Gasteiger partial charge on any atom is 0.101 e. The molecule has 96 valence electrons. The van der Waals surface area contributed by atoms with Crippen molar-refractivity contribution >= 4 is 11.4 Å². The molecule has 0 amide bonds. The van der Waals surface area contributed by atoms with E-state index in [4.69, 9.17) is 11.0 Å². The average molecular weight is 244 g/mol. The molecule has 2 N–H and O–H groups in total. The molecule has 2 rings (SSSR count). The number of likely N-dealkylation sites (tertiary alicyclic amines) is 1. The number of nitrogen functional groups attached to an aromatic ring is 1. The standard InChI is InChI=1S/C14H20N4/c1-17-6-5-11(9-17)10-18(2)14-4-3-13(16)7-12(14)8-15/h3-4,7,11H,5-6,9-10,16H2,1-2H3. The van der Waals surface area contributed by atoms with Crippen LogP contribution in [0.2, 0.25) is 0 Å².